The fourth-order valence-electron chi connectivity index (χ4n) is 3.08. The molecule has 1 aliphatic rings. The van der Waals surface area contributed by atoms with Crippen molar-refractivity contribution in [1.82, 2.24) is 19.7 Å². The van der Waals surface area contributed by atoms with Gasteiger partial charge < -0.3 is 10.2 Å². The first-order chi connectivity index (χ1) is 14.1. The molecular formula is C19H18Cl2N6OS. The van der Waals surface area contributed by atoms with Crippen LogP contribution in [0, 0.1) is 0 Å². The second-order valence-electron chi connectivity index (χ2n) is 6.49. The van der Waals surface area contributed by atoms with E-state index in [-0.39, 0.29) is 11.7 Å². The van der Waals surface area contributed by atoms with Crippen molar-refractivity contribution in [3.05, 3.63) is 52.6 Å². The molecule has 2 aromatic heterocycles. The van der Waals surface area contributed by atoms with Crippen LogP contribution < -0.4 is 10.2 Å². The molecule has 0 radical (unpaired) electrons. The van der Waals surface area contributed by atoms with Gasteiger partial charge in [-0.2, -0.15) is 0 Å². The molecule has 1 saturated heterocycles. The summed E-state index contributed by atoms with van der Waals surface area (Å²) < 4.78 is 1.95. The molecular weight excluding hydrogens is 431 g/mol. The van der Waals surface area contributed by atoms with Crippen LogP contribution in [0.15, 0.2) is 47.8 Å². The van der Waals surface area contributed by atoms with Crippen LogP contribution in [0.25, 0.3) is 5.69 Å². The van der Waals surface area contributed by atoms with E-state index in [1.54, 1.807) is 12.1 Å². The third kappa shape index (κ3) is 4.83. The molecule has 0 atom stereocenters. The summed E-state index contributed by atoms with van der Waals surface area (Å²) >= 11 is 13.3. The van der Waals surface area contributed by atoms with Gasteiger partial charge in [0.15, 0.2) is 5.16 Å². The summed E-state index contributed by atoms with van der Waals surface area (Å²) in [7, 11) is 0. The summed E-state index contributed by atoms with van der Waals surface area (Å²) in [4.78, 5) is 18.6. The molecule has 1 aliphatic heterocycles. The number of thioether (sulfide) groups is 1. The fraction of sp³-hybridized carbons (Fsp3) is 0.263. The van der Waals surface area contributed by atoms with Gasteiger partial charge in [-0.15, -0.1) is 10.2 Å². The maximum Gasteiger partial charge on any atom is 0.236 e. The van der Waals surface area contributed by atoms with Crippen molar-refractivity contribution in [2.24, 2.45) is 0 Å². The second kappa shape index (κ2) is 9.02. The maximum absolute atomic E-state index is 12.3. The first-order valence-electron chi connectivity index (χ1n) is 9.11. The lowest BCUT2D eigenvalue weighted by Gasteiger charge is -2.18. The molecule has 0 bridgehead atoms. The number of hydrogen-bond acceptors (Lipinski definition) is 6. The molecule has 3 aromatic rings. The molecule has 1 aromatic carbocycles. The van der Waals surface area contributed by atoms with Crippen LogP contribution in [0.1, 0.15) is 12.8 Å². The Balaban J connectivity index is 1.53. The van der Waals surface area contributed by atoms with Gasteiger partial charge in [0.25, 0.3) is 0 Å². The molecule has 0 spiro atoms. The van der Waals surface area contributed by atoms with E-state index in [9.17, 15) is 4.79 Å². The van der Waals surface area contributed by atoms with Crippen molar-refractivity contribution in [1.29, 1.82) is 0 Å². The molecule has 29 heavy (non-hydrogen) atoms. The van der Waals surface area contributed by atoms with E-state index in [4.69, 9.17) is 23.2 Å². The van der Waals surface area contributed by atoms with Gasteiger partial charge in [-0.3, -0.25) is 9.36 Å². The summed E-state index contributed by atoms with van der Waals surface area (Å²) in [5, 5.41) is 13.3. The van der Waals surface area contributed by atoms with E-state index < -0.39 is 0 Å². The Kier molecular flexibility index (Phi) is 6.22. The number of nitrogens with one attached hydrogen (secondary N) is 1. The number of rotatable bonds is 6. The Labute approximate surface area is 182 Å². The Morgan fingerprint density at radius 2 is 1.93 bits per heavy atom. The Morgan fingerprint density at radius 3 is 2.66 bits per heavy atom. The lowest BCUT2D eigenvalue weighted by atomic mass is 10.3. The Bertz CT molecular complexity index is 1000. The number of aromatic nitrogens is 4. The number of carbonyl (C=O) groups excluding carboxylic acids is 1. The number of halogens is 2. The first kappa shape index (κ1) is 20.0. The summed E-state index contributed by atoms with van der Waals surface area (Å²) in [5.74, 6) is 1.21. The zero-order valence-corrected chi connectivity index (χ0v) is 17.7. The molecule has 0 unspecified atom stereocenters. The monoisotopic (exact) mass is 448 g/mol. The normalized spacial score (nSPS) is 13.7. The number of pyridine rings is 1. The number of benzene rings is 1. The highest BCUT2D eigenvalue weighted by Crippen LogP contribution is 2.29. The number of nitrogens with zero attached hydrogens (tertiary/aromatic N) is 5. The lowest BCUT2D eigenvalue weighted by Crippen LogP contribution is -2.22. The van der Waals surface area contributed by atoms with Gasteiger partial charge in [-0.05, 0) is 43.2 Å². The first-order valence-corrected chi connectivity index (χ1v) is 10.8. The number of carbonyl (C=O) groups is 1. The van der Waals surface area contributed by atoms with E-state index in [2.05, 4.69) is 25.4 Å². The molecule has 1 fully saturated rings. The molecule has 7 nitrogen and oxygen atoms in total. The zero-order valence-electron chi connectivity index (χ0n) is 15.4. The minimum Gasteiger partial charge on any atom is -0.341 e. The van der Waals surface area contributed by atoms with Crippen molar-refractivity contribution in [3.8, 4) is 5.69 Å². The minimum atomic E-state index is -0.187. The molecule has 10 heteroatoms. The smallest absolute Gasteiger partial charge is 0.236 e. The van der Waals surface area contributed by atoms with Gasteiger partial charge in [-0.25, -0.2) is 4.98 Å². The predicted molar refractivity (Wildman–Crippen MR) is 116 cm³/mol. The van der Waals surface area contributed by atoms with Crippen molar-refractivity contribution in [2.45, 2.75) is 18.0 Å². The zero-order chi connectivity index (χ0) is 20.2. The van der Waals surface area contributed by atoms with Crippen LogP contribution in [-0.2, 0) is 4.79 Å². The number of anilines is 2. The van der Waals surface area contributed by atoms with E-state index in [0.29, 0.717) is 21.0 Å². The van der Waals surface area contributed by atoms with Crippen molar-refractivity contribution in [3.63, 3.8) is 0 Å². The van der Waals surface area contributed by atoms with E-state index in [0.717, 1.165) is 37.6 Å². The average molecular weight is 449 g/mol. The average Bonchev–Trinajstić information content (AvgIpc) is 3.37. The van der Waals surface area contributed by atoms with Gasteiger partial charge in [0.05, 0.1) is 16.5 Å². The highest BCUT2D eigenvalue weighted by Gasteiger charge is 2.23. The SMILES string of the molecule is O=C(CSc1nnc(N2CCCC2)n1-c1cccc(Cl)c1)Nc1ccc(Cl)cn1. The van der Waals surface area contributed by atoms with Crippen LogP contribution in [0.3, 0.4) is 0 Å². The summed E-state index contributed by atoms with van der Waals surface area (Å²) in [6.45, 7) is 1.87. The van der Waals surface area contributed by atoms with Crippen LogP contribution in [-0.4, -0.2) is 44.5 Å². The molecule has 4 rings (SSSR count). The Morgan fingerprint density at radius 1 is 1.10 bits per heavy atom. The molecule has 0 aliphatic carbocycles. The molecule has 0 saturated carbocycles. The highest BCUT2D eigenvalue weighted by atomic mass is 35.5. The number of hydrogen-bond donors (Lipinski definition) is 1. The van der Waals surface area contributed by atoms with Crippen LogP contribution >= 0.6 is 35.0 Å². The van der Waals surface area contributed by atoms with Crippen molar-refractivity contribution >= 4 is 52.6 Å². The maximum atomic E-state index is 12.3. The minimum absolute atomic E-state index is 0.170. The van der Waals surface area contributed by atoms with Crippen molar-refractivity contribution in [2.75, 3.05) is 29.1 Å². The van der Waals surface area contributed by atoms with E-state index in [1.807, 2.05) is 28.8 Å². The van der Waals surface area contributed by atoms with E-state index in [1.165, 1.54) is 18.0 Å². The third-order valence-electron chi connectivity index (χ3n) is 4.40. The van der Waals surface area contributed by atoms with Crippen molar-refractivity contribution < 1.29 is 4.79 Å². The van der Waals surface area contributed by atoms with Gasteiger partial charge in [0.1, 0.15) is 5.82 Å². The number of amides is 1. The second-order valence-corrected chi connectivity index (χ2v) is 8.31. The fourth-order valence-corrected chi connectivity index (χ4v) is 4.12. The van der Waals surface area contributed by atoms with Gasteiger partial charge in [-0.1, -0.05) is 41.0 Å². The van der Waals surface area contributed by atoms with Crippen LogP contribution in [0.5, 0.6) is 0 Å². The molecule has 1 amide bonds. The van der Waals surface area contributed by atoms with Crippen LogP contribution in [0.2, 0.25) is 10.0 Å². The van der Waals surface area contributed by atoms with Gasteiger partial charge in [0, 0.05) is 24.3 Å². The predicted octanol–water partition coefficient (Wildman–Crippen LogP) is 4.30. The molecule has 3 heterocycles. The van der Waals surface area contributed by atoms with Crippen LogP contribution in [0.4, 0.5) is 11.8 Å². The largest absolute Gasteiger partial charge is 0.341 e. The molecule has 150 valence electrons. The van der Waals surface area contributed by atoms with E-state index >= 15 is 0 Å². The summed E-state index contributed by atoms with van der Waals surface area (Å²) in [6, 6.07) is 10.9. The third-order valence-corrected chi connectivity index (χ3v) is 5.79. The standard InChI is InChI=1S/C19H18Cl2N6OS/c20-13-4-3-5-15(10-13)27-18(26-8-1-2-9-26)24-25-19(27)29-12-17(28)23-16-7-6-14(21)11-22-16/h3-7,10-11H,1-2,8-9,12H2,(H,22,23,28). The summed E-state index contributed by atoms with van der Waals surface area (Å²) in [6.07, 6.45) is 3.74. The highest BCUT2D eigenvalue weighted by molar-refractivity contribution is 7.99. The van der Waals surface area contributed by atoms with Gasteiger partial charge in [0.2, 0.25) is 11.9 Å². The van der Waals surface area contributed by atoms with Gasteiger partial charge >= 0.3 is 0 Å². The summed E-state index contributed by atoms with van der Waals surface area (Å²) in [5.41, 5.74) is 0.867. The molecule has 1 N–H and O–H groups in total. The lowest BCUT2D eigenvalue weighted by molar-refractivity contribution is -0.113. The Hall–Kier alpha value is -2.29. The topological polar surface area (TPSA) is 75.9 Å². The quantitative estimate of drug-likeness (QED) is 0.566.